The van der Waals surface area contributed by atoms with Crippen LogP contribution >= 0.6 is 0 Å². The maximum absolute atomic E-state index is 15.3. The molecule has 154 valence electrons. The molecular formula is C19H26FN3O4S. The molecule has 1 aliphatic carbocycles. The molecule has 2 aliphatic heterocycles. The van der Waals surface area contributed by atoms with Gasteiger partial charge in [0.1, 0.15) is 0 Å². The Hall–Kier alpha value is -1.71. The molecule has 2 saturated heterocycles. The van der Waals surface area contributed by atoms with Crippen LogP contribution < -0.4 is 5.32 Å². The van der Waals surface area contributed by atoms with Gasteiger partial charge in [0.05, 0.1) is 18.0 Å². The lowest BCUT2D eigenvalue weighted by atomic mass is 9.99. The molecule has 1 aromatic rings. The highest BCUT2D eigenvalue weighted by atomic mass is 32.2. The lowest BCUT2D eigenvalue weighted by molar-refractivity contribution is -0.135. The number of carbonyl (C=O) groups is 1. The molecule has 0 bridgehead atoms. The van der Waals surface area contributed by atoms with Crippen molar-refractivity contribution in [3.05, 3.63) is 30.3 Å². The Morgan fingerprint density at radius 1 is 1.18 bits per heavy atom. The lowest BCUT2D eigenvalue weighted by Crippen LogP contribution is -2.63. The molecule has 1 aromatic carbocycles. The summed E-state index contributed by atoms with van der Waals surface area (Å²) in [6, 6.07) is 7.88. The van der Waals surface area contributed by atoms with Crippen LogP contribution in [0.1, 0.15) is 32.1 Å². The monoisotopic (exact) mass is 411 g/mol. The number of halogens is 1. The molecule has 1 saturated carbocycles. The molecule has 1 spiro atoms. The van der Waals surface area contributed by atoms with Gasteiger partial charge in [-0.25, -0.2) is 17.6 Å². The SMILES string of the molecule is O=C(NC1CCCC1)N1CCC2(OCCN2S(=O)(=O)c2ccccc2)C(F)C1. The zero-order chi connectivity index (χ0) is 19.8. The average molecular weight is 411 g/mol. The second-order valence-electron chi connectivity index (χ2n) is 7.68. The zero-order valence-electron chi connectivity index (χ0n) is 15.7. The molecule has 2 heterocycles. The summed E-state index contributed by atoms with van der Waals surface area (Å²) < 4.78 is 48.3. The lowest BCUT2D eigenvalue weighted by Gasteiger charge is -2.45. The van der Waals surface area contributed by atoms with Crippen molar-refractivity contribution in [3.8, 4) is 0 Å². The molecule has 4 rings (SSSR count). The third-order valence-corrected chi connectivity index (χ3v) is 7.92. The van der Waals surface area contributed by atoms with E-state index in [-0.39, 0.29) is 49.6 Å². The van der Waals surface area contributed by atoms with Gasteiger partial charge in [-0.2, -0.15) is 4.31 Å². The average Bonchev–Trinajstić information content (AvgIpc) is 3.35. The first kappa shape index (κ1) is 19.6. The van der Waals surface area contributed by atoms with E-state index in [1.165, 1.54) is 17.0 Å². The first-order valence-electron chi connectivity index (χ1n) is 9.85. The van der Waals surface area contributed by atoms with Crippen LogP contribution in [0.25, 0.3) is 0 Å². The smallest absolute Gasteiger partial charge is 0.317 e. The predicted octanol–water partition coefficient (Wildman–Crippen LogP) is 2.10. The Labute approximate surface area is 164 Å². The molecule has 1 N–H and O–H groups in total. The number of alkyl halides is 1. The van der Waals surface area contributed by atoms with E-state index in [1.807, 2.05) is 0 Å². The highest BCUT2D eigenvalue weighted by Crippen LogP contribution is 2.40. The summed E-state index contributed by atoms with van der Waals surface area (Å²) in [5.74, 6) is 0. The van der Waals surface area contributed by atoms with Crippen molar-refractivity contribution in [2.24, 2.45) is 0 Å². The largest absolute Gasteiger partial charge is 0.355 e. The van der Waals surface area contributed by atoms with Crippen LogP contribution in [0.4, 0.5) is 9.18 Å². The predicted molar refractivity (Wildman–Crippen MR) is 101 cm³/mol. The van der Waals surface area contributed by atoms with Gasteiger partial charge in [0.25, 0.3) is 0 Å². The number of sulfonamides is 1. The van der Waals surface area contributed by atoms with E-state index in [4.69, 9.17) is 4.74 Å². The normalized spacial score (nSPS) is 29.5. The maximum Gasteiger partial charge on any atom is 0.317 e. The summed E-state index contributed by atoms with van der Waals surface area (Å²) in [5.41, 5.74) is -1.54. The molecule has 2 atom stereocenters. The third kappa shape index (κ3) is 3.40. The second kappa shape index (κ2) is 7.61. The number of nitrogens with one attached hydrogen (secondary N) is 1. The second-order valence-corrected chi connectivity index (χ2v) is 9.54. The number of ether oxygens (including phenoxy) is 1. The van der Waals surface area contributed by atoms with Crippen molar-refractivity contribution < 1.29 is 22.3 Å². The number of likely N-dealkylation sites (tertiary alicyclic amines) is 1. The molecule has 0 radical (unpaired) electrons. The summed E-state index contributed by atoms with van der Waals surface area (Å²) in [7, 11) is -3.89. The van der Waals surface area contributed by atoms with E-state index in [9.17, 15) is 13.2 Å². The number of hydrogen-bond donors (Lipinski definition) is 1. The fourth-order valence-corrected chi connectivity index (χ4v) is 6.19. The highest BCUT2D eigenvalue weighted by Gasteiger charge is 2.57. The number of urea groups is 1. The molecule has 2 amide bonds. The quantitative estimate of drug-likeness (QED) is 0.826. The highest BCUT2D eigenvalue weighted by molar-refractivity contribution is 7.89. The van der Waals surface area contributed by atoms with Crippen LogP contribution in [0, 0.1) is 0 Å². The number of amides is 2. The van der Waals surface area contributed by atoms with Crippen LogP contribution in [0.3, 0.4) is 0 Å². The number of benzene rings is 1. The number of piperidine rings is 1. The van der Waals surface area contributed by atoms with Crippen molar-refractivity contribution in [2.45, 2.75) is 54.9 Å². The molecule has 9 heteroatoms. The maximum atomic E-state index is 15.3. The Morgan fingerprint density at radius 2 is 1.89 bits per heavy atom. The fraction of sp³-hybridized carbons (Fsp3) is 0.632. The van der Waals surface area contributed by atoms with Gasteiger partial charge in [-0.3, -0.25) is 0 Å². The van der Waals surface area contributed by atoms with Crippen LogP contribution in [-0.2, 0) is 14.8 Å². The Balaban J connectivity index is 1.49. The number of hydrogen-bond acceptors (Lipinski definition) is 4. The van der Waals surface area contributed by atoms with Crippen LogP contribution in [0.15, 0.2) is 35.2 Å². The van der Waals surface area contributed by atoms with Gasteiger partial charge in [0.2, 0.25) is 10.0 Å². The number of nitrogens with zero attached hydrogens (tertiary/aromatic N) is 2. The fourth-order valence-electron chi connectivity index (χ4n) is 4.45. The molecular weight excluding hydrogens is 385 g/mol. The van der Waals surface area contributed by atoms with Crippen molar-refractivity contribution in [1.82, 2.24) is 14.5 Å². The van der Waals surface area contributed by atoms with Crippen molar-refractivity contribution in [2.75, 3.05) is 26.2 Å². The molecule has 3 fully saturated rings. The van der Waals surface area contributed by atoms with Crippen molar-refractivity contribution in [1.29, 1.82) is 0 Å². The Bertz CT molecular complexity index is 816. The minimum Gasteiger partial charge on any atom is -0.355 e. The topological polar surface area (TPSA) is 79.0 Å². The van der Waals surface area contributed by atoms with Gasteiger partial charge in [-0.1, -0.05) is 31.0 Å². The first-order valence-corrected chi connectivity index (χ1v) is 11.3. The Morgan fingerprint density at radius 3 is 2.57 bits per heavy atom. The van der Waals surface area contributed by atoms with Crippen molar-refractivity contribution >= 4 is 16.1 Å². The van der Waals surface area contributed by atoms with Gasteiger partial charge < -0.3 is 15.0 Å². The van der Waals surface area contributed by atoms with Gasteiger partial charge in [0.15, 0.2) is 11.9 Å². The van der Waals surface area contributed by atoms with E-state index in [2.05, 4.69) is 5.32 Å². The zero-order valence-corrected chi connectivity index (χ0v) is 16.5. The van der Waals surface area contributed by atoms with Crippen LogP contribution in [0.2, 0.25) is 0 Å². The van der Waals surface area contributed by atoms with E-state index in [0.717, 1.165) is 30.0 Å². The summed E-state index contributed by atoms with van der Waals surface area (Å²) in [5, 5.41) is 2.96. The molecule has 2 unspecified atom stereocenters. The van der Waals surface area contributed by atoms with Crippen molar-refractivity contribution in [3.63, 3.8) is 0 Å². The van der Waals surface area contributed by atoms with Crippen LogP contribution in [0.5, 0.6) is 0 Å². The molecule has 28 heavy (non-hydrogen) atoms. The minimum atomic E-state index is -3.89. The standard InChI is InChI=1S/C19H26FN3O4S/c20-17-14-22(18(24)21-15-6-4-5-7-15)11-10-19(17)23(12-13-27-19)28(25,26)16-8-2-1-3-9-16/h1-3,8-9,15,17H,4-7,10-14H2,(H,21,24). The van der Waals surface area contributed by atoms with Gasteiger partial charge in [-0.05, 0) is 25.0 Å². The van der Waals surface area contributed by atoms with E-state index in [0.29, 0.717) is 0 Å². The Kier molecular flexibility index (Phi) is 5.32. The number of rotatable bonds is 3. The van der Waals surface area contributed by atoms with Gasteiger partial charge in [-0.15, -0.1) is 0 Å². The first-order chi connectivity index (χ1) is 13.4. The summed E-state index contributed by atoms with van der Waals surface area (Å²) in [6.45, 7) is 0.311. The van der Waals surface area contributed by atoms with Crippen LogP contribution in [-0.4, -0.2) is 67.8 Å². The summed E-state index contributed by atoms with van der Waals surface area (Å²) in [6.07, 6.45) is 2.60. The van der Waals surface area contributed by atoms with E-state index in [1.54, 1.807) is 18.2 Å². The molecule has 0 aromatic heterocycles. The van der Waals surface area contributed by atoms with E-state index >= 15 is 4.39 Å². The summed E-state index contributed by atoms with van der Waals surface area (Å²) in [4.78, 5) is 14.0. The van der Waals surface area contributed by atoms with Gasteiger partial charge in [0, 0.05) is 25.6 Å². The molecule has 7 nitrogen and oxygen atoms in total. The van der Waals surface area contributed by atoms with E-state index < -0.39 is 21.9 Å². The molecule has 3 aliphatic rings. The third-order valence-electron chi connectivity index (χ3n) is 5.98. The summed E-state index contributed by atoms with van der Waals surface area (Å²) >= 11 is 0. The number of carbonyl (C=O) groups excluding carboxylic acids is 1. The minimum absolute atomic E-state index is 0.103. The van der Waals surface area contributed by atoms with Gasteiger partial charge >= 0.3 is 6.03 Å².